The van der Waals surface area contributed by atoms with Gasteiger partial charge in [-0.05, 0) is 35.9 Å². The molecule has 4 heterocycles. The molecule has 158 valence electrons. The Hall–Kier alpha value is -3.46. The minimum absolute atomic E-state index is 0.0294. The minimum atomic E-state index is -0.0639. The van der Waals surface area contributed by atoms with Crippen molar-refractivity contribution in [1.29, 1.82) is 0 Å². The molecule has 2 N–H and O–H groups in total. The van der Waals surface area contributed by atoms with Crippen LogP contribution in [0.3, 0.4) is 0 Å². The van der Waals surface area contributed by atoms with Crippen molar-refractivity contribution in [1.82, 2.24) is 29.5 Å². The second-order valence-electron chi connectivity index (χ2n) is 7.56. The number of nitrogens with zero attached hydrogens (tertiary/aromatic N) is 4. The number of aryl methyl sites for hydroxylation is 2. The Morgan fingerprint density at radius 1 is 1.19 bits per heavy atom. The van der Waals surface area contributed by atoms with Gasteiger partial charge in [0.1, 0.15) is 10.5 Å². The number of aromatic nitrogens is 5. The van der Waals surface area contributed by atoms with E-state index in [9.17, 15) is 9.59 Å². The molecule has 0 spiro atoms. The monoisotopic (exact) mass is 434 g/mol. The number of benzene rings is 1. The van der Waals surface area contributed by atoms with E-state index in [1.165, 1.54) is 26.9 Å². The van der Waals surface area contributed by atoms with Crippen LogP contribution in [0.15, 0.2) is 46.7 Å². The van der Waals surface area contributed by atoms with Gasteiger partial charge in [0.05, 0.1) is 5.52 Å². The summed E-state index contributed by atoms with van der Waals surface area (Å²) < 4.78 is 4.13. The van der Waals surface area contributed by atoms with Crippen LogP contribution in [0.1, 0.15) is 24.2 Å². The normalized spacial score (nSPS) is 11.6. The molecule has 0 saturated heterocycles. The van der Waals surface area contributed by atoms with Crippen molar-refractivity contribution < 1.29 is 4.79 Å². The first-order chi connectivity index (χ1) is 15.1. The SMILES string of the molecule is Cn1c(=O)c2sccc2n2c(CCCC(=O)NCCc3c[nH]c4ccccc34)nnc12. The third-order valence-corrected chi connectivity index (χ3v) is 6.48. The Bertz CT molecular complexity index is 1460. The van der Waals surface area contributed by atoms with Gasteiger partial charge in [-0.25, -0.2) is 0 Å². The van der Waals surface area contributed by atoms with Gasteiger partial charge in [-0.2, -0.15) is 0 Å². The van der Waals surface area contributed by atoms with Gasteiger partial charge < -0.3 is 10.3 Å². The molecule has 31 heavy (non-hydrogen) atoms. The predicted octanol–water partition coefficient (Wildman–Crippen LogP) is 2.81. The van der Waals surface area contributed by atoms with Crippen LogP contribution in [0, 0.1) is 0 Å². The maximum atomic E-state index is 12.4. The molecule has 8 nitrogen and oxygen atoms in total. The van der Waals surface area contributed by atoms with E-state index in [2.05, 4.69) is 26.6 Å². The molecule has 0 saturated carbocycles. The predicted molar refractivity (Wildman–Crippen MR) is 122 cm³/mol. The molecule has 0 aliphatic heterocycles. The van der Waals surface area contributed by atoms with Crippen LogP contribution in [-0.2, 0) is 24.7 Å². The van der Waals surface area contributed by atoms with Gasteiger partial charge in [-0.1, -0.05) is 18.2 Å². The van der Waals surface area contributed by atoms with E-state index in [1.807, 2.05) is 40.2 Å². The number of amides is 1. The smallest absolute Gasteiger partial charge is 0.272 e. The molecule has 1 aromatic carbocycles. The average molecular weight is 435 g/mol. The third kappa shape index (κ3) is 3.50. The minimum Gasteiger partial charge on any atom is -0.361 e. The Labute approximate surface area is 181 Å². The fraction of sp³-hybridized carbons (Fsp3) is 0.273. The number of carbonyl (C=O) groups excluding carboxylic acids is 1. The molecule has 9 heteroatoms. The molecule has 0 aliphatic carbocycles. The standard InChI is InChI=1S/C22H22N6O2S/c1-27-21(30)20-17(10-12-31-20)28-18(25-26-22(27)28)7-4-8-19(29)23-11-9-14-13-24-16-6-3-2-5-15(14)16/h2-3,5-6,10,12-13,24H,4,7-9,11H2,1H3,(H,23,29). The first-order valence-electron chi connectivity index (χ1n) is 10.3. The summed E-state index contributed by atoms with van der Waals surface area (Å²) in [5.41, 5.74) is 3.08. The summed E-state index contributed by atoms with van der Waals surface area (Å²) >= 11 is 1.42. The van der Waals surface area contributed by atoms with Gasteiger partial charge in [0.15, 0.2) is 0 Å². The number of nitrogens with one attached hydrogen (secondary N) is 2. The maximum Gasteiger partial charge on any atom is 0.272 e. The number of H-pyrrole nitrogens is 1. The van der Waals surface area contributed by atoms with Crippen molar-refractivity contribution in [3.63, 3.8) is 0 Å². The van der Waals surface area contributed by atoms with Crippen LogP contribution in [0.2, 0.25) is 0 Å². The fourth-order valence-corrected chi connectivity index (χ4v) is 4.84. The number of para-hydroxylation sites is 1. The van der Waals surface area contributed by atoms with Crippen LogP contribution < -0.4 is 10.9 Å². The summed E-state index contributed by atoms with van der Waals surface area (Å²) in [5, 5.41) is 14.6. The molecule has 0 unspecified atom stereocenters. The topological polar surface area (TPSA) is 97.1 Å². The van der Waals surface area contributed by atoms with Crippen molar-refractivity contribution in [3.8, 4) is 0 Å². The van der Waals surface area contributed by atoms with E-state index in [-0.39, 0.29) is 11.5 Å². The summed E-state index contributed by atoms with van der Waals surface area (Å²) in [7, 11) is 1.70. The molecule has 0 radical (unpaired) electrons. The number of rotatable bonds is 7. The van der Waals surface area contributed by atoms with Gasteiger partial charge in [0.2, 0.25) is 11.7 Å². The van der Waals surface area contributed by atoms with Gasteiger partial charge in [0, 0.05) is 43.5 Å². The van der Waals surface area contributed by atoms with Crippen molar-refractivity contribution in [2.24, 2.45) is 7.05 Å². The zero-order chi connectivity index (χ0) is 21.4. The molecule has 1 amide bonds. The van der Waals surface area contributed by atoms with E-state index in [0.717, 1.165) is 23.3 Å². The Morgan fingerprint density at radius 3 is 2.97 bits per heavy atom. The second-order valence-corrected chi connectivity index (χ2v) is 8.48. The highest BCUT2D eigenvalue weighted by Crippen LogP contribution is 2.20. The molecule has 5 aromatic rings. The summed E-state index contributed by atoms with van der Waals surface area (Å²) in [6.07, 6.45) is 4.48. The molecule has 0 fully saturated rings. The van der Waals surface area contributed by atoms with Crippen LogP contribution in [-0.4, -0.2) is 36.6 Å². The third-order valence-electron chi connectivity index (χ3n) is 5.59. The molecule has 0 atom stereocenters. The van der Waals surface area contributed by atoms with E-state index >= 15 is 0 Å². The van der Waals surface area contributed by atoms with Crippen molar-refractivity contribution >= 4 is 44.1 Å². The Kier molecular flexibility index (Phi) is 5.03. The molecule has 4 aromatic heterocycles. The highest BCUT2D eigenvalue weighted by Gasteiger charge is 2.15. The lowest BCUT2D eigenvalue weighted by Gasteiger charge is -2.06. The van der Waals surface area contributed by atoms with Crippen LogP contribution >= 0.6 is 11.3 Å². The van der Waals surface area contributed by atoms with Gasteiger partial charge >= 0.3 is 0 Å². The van der Waals surface area contributed by atoms with Crippen LogP contribution in [0.25, 0.3) is 26.9 Å². The summed E-state index contributed by atoms with van der Waals surface area (Å²) in [6, 6.07) is 10.1. The first kappa shape index (κ1) is 19.5. The number of fused-ring (bicyclic) bond motifs is 4. The lowest BCUT2D eigenvalue weighted by Crippen LogP contribution is -2.25. The number of aromatic amines is 1. The van der Waals surface area contributed by atoms with E-state index < -0.39 is 0 Å². The number of hydrogen-bond donors (Lipinski definition) is 2. The van der Waals surface area contributed by atoms with E-state index in [0.29, 0.717) is 36.3 Å². The molecular weight excluding hydrogens is 412 g/mol. The quantitative estimate of drug-likeness (QED) is 0.412. The van der Waals surface area contributed by atoms with Crippen LogP contribution in [0.5, 0.6) is 0 Å². The zero-order valence-corrected chi connectivity index (χ0v) is 17.9. The Morgan fingerprint density at radius 2 is 2.06 bits per heavy atom. The Balaban J connectivity index is 1.19. The van der Waals surface area contributed by atoms with Crippen molar-refractivity contribution in [3.05, 3.63) is 63.7 Å². The number of thiophene rings is 1. The largest absolute Gasteiger partial charge is 0.361 e. The maximum absolute atomic E-state index is 12.4. The summed E-state index contributed by atoms with van der Waals surface area (Å²) in [6.45, 7) is 0.603. The fourth-order valence-electron chi connectivity index (χ4n) is 3.99. The van der Waals surface area contributed by atoms with Crippen molar-refractivity contribution in [2.75, 3.05) is 6.54 Å². The van der Waals surface area contributed by atoms with Crippen LogP contribution in [0.4, 0.5) is 0 Å². The summed E-state index contributed by atoms with van der Waals surface area (Å²) in [5.74, 6) is 1.32. The number of carbonyl (C=O) groups is 1. The zero-order valence-electron chi connectivity index (χ0n) is 17.1. The lowest BCUT2D eigenvalue weighted by atomic mass is 10.1. The van der Waals surface area contributed by atoms with Gasteiger partial charge in [-0.3, -0.25) is 18.6 Å². The molecular formula is C22H22N6O2S. The number of hydrogen-bond acceptors (Lipinski definition) is 5. The molecule has 0 aliphatic rings. The van der Waals surface area contributed by atoms with Crippen molar-refractivity contribution in [2.45, 2.75) is 25.7 Å². The average Bonchev–Trinajstić information content (AvgIpc) is 3.50. The lowest BCUT2D eigenvalue weighted by molar-refractivity contribution is -0.121. The highest BCUT2D eigenvalue weighted by molar-refractivity contribution is 7.17. The first-order valence-corrected chi connectivity index (χ1v) is 11.1. The highest BCUT2D eigenvalue weighted by atomic mass is 32.1. The van der Waals surface area contributed by atoms with Gasteiger partial charge in [-0.15, -0.1) is 21.5 Å². The van der Waals surface area contributed by atoms with Gasteiger partial charge in [0.25, 0.3) is 5.56 Å². The molecule has 0 bridgehead atoms. The van der Waals surface area contributed by atoms with E-state index in [1.54, 1.807) is 7.05 Å². The molecule has 5 rings (SSSR count). The second kappa shape index (κ2) is 7.99. The summed E-state index contributed by atoms with van der Waals surface area (Å²) in [4.78, 5) is 28.0. The van der Waals surface area contributed by atoms with E-state index in [4.69, 9.17) is 0 Å².